The molecule has 38 heavy (non-hydrogen) atoms. The molecule has 1 unspecified atom stereocenters. The minimum Gasteiger partial charge on any atom is -0.379 e. The van der Waals surface area contributed by atoms with Crippen molar-refractivity contribution in [3.05, 3.63) is 0 Å². The predicted octanol–water partition coefficient (Wildman–Crippen LogP) is 7.09. The Morgan fingerprint density at radius 2 is 0.842 bits per heavy atom. The van der Waals surface area contributed by atoms with E-state index in [0.717, 1.165) is 32.5 Å². The number of unbranched alkanes of at least 4 members (excludes halogenated alkanes) is 13. The van der Waals surface area contributed by atoms with E-state index in [1.165, 1.54) is 89.9 Å². The minimum absolute atomic E-state index is 0.0453. The van der Waals surface area contributed by atoms with Crippen molar-refractivity contribution in [2.24, 2.45) is 0 Å². The van der Waals surface area contributed by atoms with Crippen LogP contribution < -0.4 is 0 Å². The topological polar surface area (TPSA) is 64.6 Å². The first-order valence-electron chi connectivity index (χ1n) is 16.1. The molecule has 1 fully saturated rings. The van der Waals surface area contributed by atoms with Crippen LogP contribution in [0.2, 0.25) is 0 Å². The molecule has 0 aromatic heterocycles. The van der Waals surface area contributed by atoms with Gasteiger partial charge in [-0.1, -0.05) is 90.4 Å². The van der Waals surface area contributed by atoms with Crippen molar-refractivity contribution in [2.75, 3.05) is 79.3 Å². The highest BCUT2D eigenvalue weighted by molar-refractivity contribution is 4.54. The second-order valence-electron chi connectivity index (χ2n) is 10.3. The molecular weight excluding hydrogens is 484 g/mol. The van der Waals surface area contributed by atoms with Gasteiger partial charge >= 0.3 is 0 Å². The molecule has 0 radical (unpaired) electrons. The minimum atomic E-state index is -0.0453. The summed E-state index contributed by atoms with van der Waals surface area (Å²) in [7, 11) is 0. The van der Waals surface area contributed by atoms with Crippen molar-refractivity contribution in [1.29, 1.82) is 0 Å². The molecule has 0 aliphatic carbocycles. The maximum Gasteiger partial charge on any atom is 0.157 e. The standard InChI is InChI=1S/C31H62O7/c1-2-3-4-5-6-7-8-9-10-11-12-13-14-16-19-32-21-22-33-23-24-34-25-26-35-27-28-36-29-30-38-31-18-15-17-20-37-31/h31H,2-30H2,1H3. The summed E-state index contributed by atoms with van der Waals surface area (Å²) in [6.07, 6.45) is 22.6. The fourth-order valence-electron chi connectivity index (χ4n) is 4.46. The lowest BCUT2D eigenvalue weighted by Crippen LogP contribution is -2.24. The maximum absolute atomic E-state index is 5.67. The monoisotopic (exact) mass is 546 g/mol. The lowest BCUT2D eigenvalue weighted by Gasteiger charge is -2.22. The van der Waals surface area contributed by atoms with Gasteiger partial charge in [0.2, 0.25) is 0 Å². The SMILES string of the molecule is CCCCCCCCCCCCCCCCOCCOCCOCCOCCOCCOC1CCCCO1. The molecule has 1 saturated heterocycles. The van der Waals surface area contributed by atoms with Crippen LogP contribution in [-0.2, 0) is 33.2 Å². The first-order valence-corrected chi connectivity index (χ1v) is 16.1. The van der Waals surface area contributed by atoms with E-state index in [0.29, 0.717) is 66.1 Å². The smallest absolute Gasteiger partial charge is 0.157 e. The van der Waals surface area contributed by atoms with Crippen molar-refractivity contribution in [1.82, 2.24) is 0 Å². The van der Waals surface area contributed by atoms with E-state index < -0.39 is 0 Å². The summed E-state index contributed by atoms with van der Waals surface area (Å²) >= 11 is 0. The van der Waals surface area contributed by atoms with Crippen LogP contribution in [0.1, 0.15) is 116 Å². The van der Waals surface area contributed by atoms with Crippen LogP contribution in [0, 0.1) is 0 Å². The van der Waals surface area contributed by atoms with Gasteiger partial charge in [-0.2, -0.15) is 0 Å². The van der Waals surface area contributed by atoms with Crippen molar-refractivity contribution >= 4 is 0 Å². The summed E-state index contributed by atoms with van der Waals surface area (Å²) in [5.41, 5.74) is 0. The van der Waals surface area contributed by atoms with E-state index in [4.69, 9.17) is 33.2 Å². The molecular formula is C31H62O7. The van der Waals surface area contributed by atoms with Crippen LogP contribution in [0.15, 0.2) is 0 Å². The van der Waals surface area contributed by atoms with Gasteiger partial charge in [-0.05, 0) is 25.7 Å². The second kappa shape index (κ2) is 31.3. The van der Waals surface area contributed by atoms with Gasteiger partial charge < -0.3 is 33.2 Å². The van der Waals surface area contributed by atoms with Crippen LogP contribution in [0.3, 0.4) is 0 Å². The van der Waals surface area contributed by atoms with Gasteiger partial charge in [0.1, 0.15) is 0 Å². The first-order chi connectivity index (χ1) is 18.9. The zero-order valence-corrected chi connectivity index (χ0v) is 24.9. The fraction of sp³-hybridized carbons (Fsp3) is 1.00. The zero-order chi connectivity index (χ0) is 27.0. The Hall–Kier alpha value is -0.280. The Morgan fingerprint density at radius 1 is 0.447 bits per heavy atom. The molecule has 1 rings (SSSR count). The molecule has 0 spiro atoms. The van der Waals surface area contributed by atoms with E-state index in [-0.39, 0.29) is 6.29 Å². The third kappa shape index (κ3) is 27.3. The normalized spacial score (nSPS) is 15.9. The van der Waals surface area contributed by atoms with Gasteiger partial charge in [0.15, 0.2) is 6.29 Å². The molecule has 1 atom stereocenters. The molecule has 0 aromatic rings. The third-order valence-electron chi connectivity index (χ3n) is 6.80. The Balaban J connectivity index is 1.61. The molecule has 0 aromatic carbocycles. The number of hydrogen-bond donors (Lipinski definition) is 0. The molecule has 0 N–H and O–H groups in total. The quantitative estimate of drug-likeness (QED) is 0.0860. The largest absolute Gasteiger partial charge is 0.379 e. The molecule has 0 bridgehead atoms. The Morgan fingerprint density at radius 3 is 1.26 bits per heavy atom. The van der Waals surface area contributed by atoms with Gasteiger partial charge in [0.05, 0.1) is 66.1 Å². The van der Waals surface area contributed by atoms with E-state index >= 15 is 0 Å². The fourth-order valence-corrected chi connectivity index (χ4v) is 4.46. The van der Waals surface area contributed by atoms with Gasteiger partial charge in [-0.25, -0.2) is 0 Å². The molecule has 1 aliphatic heterocycles. The molecule has 1 heterocycles. The highest BCUT2D eigenvalue weighted by Crippen LogP contribution is 2.14. The first kappa shape index (κ1) is 35.7. The summed E-state index contributed by atoms with van der Waals surface area (Å²) in [6, 6.07) is 0. The average molecular weight is 547 g/mol. The van der Waals surface area contributed by atoms with E-state index in [1.54, 1.807) is 0 Å². The van der Waals surface area contributed by atoms with E-state index in [9.17, 15) is 0 Å². The Kier molecular flexibility index (Phi) is 29.4. The number of ether oxygens (including phenoxy) is 7. The lowest BCUT2D eigenvalue weighted by molar-refractivity contribution is -0.169. The van der Waals surface area contributed by atoms with Crippen LogP contribution in [-0.4, -0.2) is 85.6 Å². The maximum atomic E-state index is 5.67. The van der Waals surface area contributed by atoms with Crippen LogP contribution in [0.4, 0.5) is 0 Å². The van der Waals surface area contributed by atoms with Gasteiger partial charge in [0.25, 0.3) is 0 Å². The van der Waals surface area contributed by atoms with Crippen molar-refractivity contribution in [3.8, 4) is 0 Å². The van der Waals surface area contributed by atoms with Crippen molar-refractivity contribution in [2.45, 2.75) is 122 Å². The highest BCUT2D eigenvalue weighted by atomic mass is 16.7. The summed E-state index contributed by atoms with van der Waals surface area (Å²) in [5.74, 6) is 0. The van der Waals surface area contributed by atoms with Crippen LogP contribution >= 0.6 is 0 Å². The zero-order valence-electron chi connectivity index (χ0n) is 24.9. The molecule has 0 amide bonds. The van der Waals surface area contributed by atoms with Crippen LogP contribution in [0.25, 0.3) is 0 Å². The molecule has 0 saturated carbocycles. The van der Waals surface area contributed by atoms with Crippen molar-refractivity contribution < 1.29 is 33.2 Å². The van der Waals surface area contributed by atoms with Gasteiger partial charge in [-0.15, -0.1) is 0 Å². The summed E-state index contributed by atoms with van der Waals surface area (Å²) in [6.45, 7) is 9.82. The second-order valence-corrected chi connectivity index (χ2v) is 10.3. The van der Waals surface area contributed by atoms with Gasteiger partial charge in [-0.3, -0.25) is 0 Å². The molecule has 228 valence electrons. The third-order valence-corrected chi connectivity index (χ3v) is 6.80. The number of hydrogen-bond acceptors (Lipinski definition) is 7. The summed E-state index contributed by atoms with van der Waals surface area (Å²) in [4.78, 5) is 0. The Bertz CT molecular complexity index is 432. The van der Waals surface area contributed by atoms with Gasteiger partial charge in [0, 0.05) is 13.2 Å². The molecule has 1 aliphatic rings. The van der Waals surface area contributed by atoms with Crippen molar-refractivity contribution in [3.63, 3.8) is 0 Å². The van der Waals surface area contributed by atoms with E-state index in [2.05, 4.69) is 6.92 Å². The summed E-state index contributed by atoms with van der Waals surface area (Å²) < 4.78 is 38.9. The Labute approximate surface area is 234 Å². The van der Waals surface area contributed by atoms with E-state index in [1.807, 2.05) is 0 Å². The summed E-state index contributed by atoms with van der Waals surface area (Å²) in [5, 5.41) is 0. The lowest BCUT2D eigenvalue weighted by atomic mass is 10.0. The average Bonchev–Trinajstić information content (AvgIpc) is 2.94. The highest BCUT2D eigenvalue weighted by Gasteiger charge is 2.13. The molecule has 7 heteroatoms. The molecule has 7 nitrogen and oxygen atoms in total. The van der Waals surface area contributed by atoms with Crippen LogP contribution in [0.5, 0.6) is 0 Å². The predicted molar refractivity (Wildman–Crippen MR) is 154 cm³/mol. The number of rotatable bonds is 31.